The number of carbonyl (C=O) groups is 2. The lowest BCUT2D eigenvalue weighted by atomic mass is 9.63. The van der Waals surface area contributed by atoms with E-state index < -0.39 is 35.0 Å². The number of carbonyl (C=O) groups excluding carboxylic acids is 2. The van der Waals surface area contributed by atoms with Crippen molar-refractivity contribution in [1.29, 1.82) is 0 Å². The molecule has 1 aliphatic rings. The topological polar surface area (TPSA) is 102 Å². The Morgan fingerprint density at radius 3 is 2.21 bits per heavy atom. The van der Waals surface area contributed by atoms with Crippen LogP contribution < -0.4 is 0 Å². The predicted molar refractivity (Wildman–Crippen MR) is 61.8 cm³/mol. The van der Waals surface area contributed by atoms with E-state index >= 15 is 0 Å². The van der Waals surface area contributed by atoms with Crippen LogP contribution in [0.15, 0.2) is 0 Å². The molecule has 0 aromatic heterocycles. The molecule has 0 aliphatic heterocycles. The van der Waals surface area contributed by atoms with E-state index in [1.807, 2.05) is 0 Å². The minimum Gasteiger partial charge on any atom is -0.365 e. The molecule has 0 radical (unpaired) electrons. The minimum absolute atomic E-state index is 0.206. The molecule has 0 amide bonds. The van der Waals surface area contributed by atoms with Gasteiger partial charge >= 0.3 is 11.9 Å². The van der Waals surface area contributed by atoms with Crippen LogP contribution in [0, 0.1) is 17.3 Å². The lowest BCUT2D eigenvalue weighted by Crippen LogP contribution is -2.56. The van der Waals surface area contributed by atoms with Crippen molar-refractivity contribution < 1.29 is 34.6 Å². The SMILES string of the molecule is CC(C)C(=O)OOOC(=O)C(C)(C)C1CCC1(O)O. The van der Waals surface area contributed by atoms with Gasteiger partial charge in [0.1, 0.15) is 0 Å². The van der Waals surface area contributed by atoms with Gasteiger partial charge in [-0.25, -0.2) is 9.59 Å². The van der Waals surface area contributed by atoms with Gasteiger partial charge in [0.05, 0.1) is 11.3 Å². The van der Waals surface area contributed by atoms with Crippen LogP contribution in [0.2, 0.25) is 0 Å². The van der Waals surface area contributed by atoms with Crippen LogP contribution in [0.25, 0.3) is 0 Å². The molecule has 0 aromatic rings. The number of hydrogen-bond acceptors (Lipinski definition) is 7. The molecule has 19 heavy (non-hydrogen) atoms. The third-order valence-corrected chi connectivity index (χ3v) is 3.45. The fourth-order valence-corrected chi connectivity index (χ4v) is 1.91. The Morgan fingerprint density at radius 2 is 1.84 bits per heavy atom. The summed E-state index contributed by atoms with van der Waals surface area (Å²) in [6.07, 6.45) is 0.693. The zero-order valence-corrected chi connectivity index (χ0v) is 11.5. The summed E-state index contributed by atoms with van der Waals surface area (Å²) in [7, 11) is 0. The normalized spacial score (nSPS) is 21.7. The number of aliphatic hydroxyl groups is 2. The van der Waals surface area contributed by atoms with Gasteiger partial charge in [0.25, 0.3) is 0 Å². The molecule has 1 unspecified atom stereocenters. The van der Waals surface area contributed by atoms with Crippen molar-refractivity contribution in [3.63, 3.8) is 0 Å². The molecular formula is C12H20O7. The second kappa shape index (κ2) is 5.44. The highest BCUT2D eigenvalue weighted by atomic mass is 17.5. The standard InChI is InChI=1S/C12H20O7/c1-7(2)9(13)17-19-18-10(14)11(3,4)8-5-6-12(8,15)16/h7-8,15-16H,5-6H2,1-4H3. The average molecular weight is 276 g/mol. The lowest BCUT2D eigenvalue weighted by molar-refractivity contribution is -0.464. The van der Waals surface area contributed by atoms with E-state index in [2.05, 4.69) is 14.8 Å². The summed E-state index contributed by atoms with van der Waals surface area (Å²) in [5, 5.41) is 23.3. The molecule has 1 rings (SSSR count). The summed E-state index contributed by atoms with van der Waals surface area (Å²) >= 11 is 0. The summed E-state index contributed by atoms with van der Waals surface area (Å²) < 4.78 is 0. The highest BCUT2D eigenvalue weighted by molar-refractivity contribution is 5.76. The molecule has 1 fully saturated rings. The molecule has 0 heterocycles. The molecule has 7 heteroatoms. The fraction of sp³-hybridized carbons (Fsp3) is 0.833. The predicted octanol–water partition coefficient (Wildman–Crippen LogP) is 0.692. The molecule has 110 valence electrons. The van der Waals surface area contributed by atoms with Gasteiger partial charge in [-0.1, -0.05) is 13.8 Å². The molecule has 0 spiro atoms. The van der Waals surface area contributed by atoms with E-state index in [-0.39, 0.29) is 6.42 Å². The maximum Gasteiger partial charge on any atom is 0.352 e. The third-order valence-electron chi connectivity index (χ3n) is 3.45. The van der Waals surface area contributed by atoms with Crippen LogP contribution in [0.5, 0.6) is 0 Å². The van der Waals surface area contributed by atoms with Crippen LogP contribution in [0.4, 0.5) is 0 Å². The maximum atomic E-state index is 11.8. The Hall–Kier alpha value is -1.18. The van der Waals surface area contributed by atoms with E-state index in [9.17, 15) is 19.8 Å². The highest BCUT2D eigenvalue weighted by Gasteiger charge is 2.55. The van der Waals surface area contributed by atoms with Crippen LogP contribution in [0.1, 0.15) is 40.5 Å². The third kappa shape index (κ3) is 3.43. The van der Waals surface area contributed by atoms with Crippen molar-refractivity contribution in [2.75, 3.05) is 0 Å². The highest BCUT2D eigenvalue weighted by Crippen LogP contribution is 2.48. The van der Waals surface area contributed by atoms with Gasteiger partial charge in [0, 0.05) is 17.4 Å². The van der Waals surface area contributed by atoms with Crippen LogP contribution in [-0.2, 0) is 24.4 Å². The minimum atomic E-state index is -1.88. The quantitative estimate of drug-likeness (QED) is 0.432. The molecule has 0 saturated heterocycles. The van der Waals surface area contributed by atoms with Gasteiger partial charge in [0.2, 0.25) is 0 Å². The smallest absolute Gasteiger partial charge is 0.352 e. The first-order valence-corrected chi connectivity index (χ1v) is 6.13. The van der Waals surface area contributed by atoms with Crippen molar-refractivity contribution in [3.05, 3.63) is 0 Å². The van der Waals surface area contributed by atoms with Gasteiger partial charge < -0.3 is 10.2 Å². The summed E-state index contributed by atoms with van der Waals surface area (Å²) in [5.41, 5.74) is -1.16. The van der Waals surface area contributed by atoms with Gasteiger partial charge in [-0.05, 0) is 20.3 Å². The number of rotatable bonds is 5. The first-order valence-electron chi connectivity index (χ1n) is 6.13. The van der Waals surface area contributed by atoms with Crippen LogP contribution in [0.3, 0.4) is 0 Å². The monoisotopic (exact) mass is 276 g/mol. The summed E-state index contributed by atoms with van der Waals surface area (Å²) in [4.78, 5) is 31.5. The molecule has 1 atom stereocenters. The number of hydrogen-bond donors (Lipinski definition) is 2. The van der Waals surface area contributed by atoms with Crippen molar-refractivity contribution in [2.24, 2.45) is 17.3 Å². The Bertz CT molecular complexity index is 359. The second-order valence-electron chi connectivity index (χ2n) is 5.69. The van der Waals surface area contributed by atoms with Crippen molar-refractivity contribution in [2.45, 2.75) is 46.3 Å². The van der Waals surface area contributed by atoms with Gasteiger partial charge in [-0.3, -0.25) is 9.78 Å². The van der Waals surface area contributed by atoms with Crippen LogP contribution >= 0.6 is 0 Å². The summed E-state index contributed by atoms with van der Waals surface area (Å²) in [6.45, 7) is 6.21. The van der Waals surface area contributed by atoms with Gasteiger partial charge in [-0.15, -0.1) is 0 Å². The molecule has 1 saturated carbocycles. The molecule has 0 aromatic carbocycles. The van der Waals surface area contributed by atoms with Crippen molar-refractivity contribution in [1.82, 2.24) is 0 Å². The molecule has 2 N–H and O–H groups in total. The molecule has 7 nitrogen and oxygen atoms in total. The van der Waals surface area contributed by atoms with E-state index in [4.69, 9.17) is 0 Å². The molecule has 1 aliphatic carbocycles. The average Bonchev–Trinajstić information content (AvgIpc) is 2.26. The maximum absolute atomic E-state index is 11.8. The van der Waals surface area contributed by atoms with Crippen molar-refractivity contribution >= 4 is 11.9 Å². The van der Waals surface area contributed by atoms with Gasteiger partial charge in [0.15, 0.2) is 5.79 Å². The van der Waals surface area contributed by atoms with Gasteiger partial charge in [-0.2, -0.15) is 0 Å². The Labute approximate surface area is 111 Å². The molecular weight excluding hydrogens is 256 g/mol. The Balaban J connectivity index is 2.47. The largest absolute Gasteiger partial charge is 0.365 e. The zero-order chi connectivity index (χ0) is 14.8. The van der Waals surface area contributed by atoms with E-state index in [1.165, 1.54) is 13.8 Å². The zero-order valence-electron chi connectivity index (χ0n) is 11.5. The Kier molecular flexibility index (Phi) is 4.54. The Morgan fingerprint density at radius 1 is 1.26 bits per heavy atom. The van der Waals surface area contributed by atoms with Crippen molar-refractivity contribution in [3.8, 4) is 0 Å². The second-order valence-corrected chi connectivity index (χ2v) is 5.69. The van der Waals surface area contributed by atoms with E-state index in [0.717, 1.165) is 0 Å². The van der Waals surface area contributed by atoms with E-state index in [1.54, 1.807) is 13.8 Å². The summed E-state index contributed by atoms with van der Waals surface area (Å²) in [5.74, 6) is -4.45. The summed E-state index contributed by atoms with van der Waals surface area (Å²) in [6, 6.07) is 0. The lowest BCUT2D eigenvalue weighted by Gasteiger charge is -2.47. The first-order chi connectivity index (χ1) is 8.59. The first kappa shape index (κ1) is 15.9. The fourth-order valence-electron chi connectivity index (χ4n) is 1.91. The van der Waals surface area contributed by atoms with E-state index in [0.29, 0.717) is 6.42 Å². The van der Waals surface area contributed by atoms with Crippen LogP contribution in [-0.4, -0.2) is 27.9 Å². The molecule has 0 bridgehead atoms.